The van der Waals surface area contributed by atoms with Crippen LogP contribution in [0.3, 0.4) is 0 Å². The van der Waals surface area contributed by atoms with Crippen molar-refractivity contribution in [2.24, 2.45) is 0 Å². The Kier molecular flexibility index (Phi) is 1.47. The van der Waals surface area contributed by atoms with Gasteiger partial charge in [-0.15, -0.1) is 0 Å². The van der Waals surface area contributed by atoms with Gasteiger partial charge in [-0.3, -0.25) is 0 Å². The van der Waals surface area contributed by atoms with Crippen LogP contribution in [0.15, 0.2) is 30.3 Å². The molecule has 1 aromatic carbocycles. The summed E-state index contributed by atoms with van der Waals surface area (Å²) in [6.45, 7) is 0. The van der Waals surface area contributed by atoms with Crippen molar-refractivity contribution in [3.8, 4) is 0 Å². The van der Waals surface area contributed by atoms with Gasteiger partial charge in [0.25, 0.3) is 0 Å². The molecule has 0 saturated carbocycles. The Morgan fingerprint density at radius 2 is 2.18 bits per heavy atom. The number of nitrogens with one attached hydrogen (secondary N) is 1. The zero-order valence-corrected chi connectivity index (χ0v) is 6.61. The van der Waals surface area contributed by atoms with Crippen molar-refractivity contribution in [1.29, 1.82) is 0 Å². The second-order valence-corrected chi connectivity index (χ2v) is 2.76. The molecule has 1 N–H and O–H groups in total. The lowest BCUT2D eigenvalue weighted by Crippen LogP contribution is -1.76. The molecule has 2 rings (SSSR count). The predicted molar refractivity (Wildman–Crippen MR) is 48.0 cm³/mol. The molecule has 2 heteroatoms. The third-order valence-corrected chi connectivity index (χ3v) is 1.79. The Hall–Kier alpha value is -1.15. The van der Waals surface area contributed by atoms with Crippen molar-refractivity contribution < 1.29 is 0 Å². The number of aromatic amines is 1. The number of hydrogen-bond acceptors (Lipinski definition) is 1. The highest BCUT2D eigenvalue weighted by atomic mass is 32.1. The molecule has 1 nitrogen and oxygen atoms in total. The minimum absolute atomic E-state index is 0.761. The maximum Gasteiger partial charge on any atom is 0.103 e. The highest BCUT2D eigenvalue weighted by molar-refractivity contribution is 7.71. The zero-order valence-electron chi connectivity index (χ0n) is 5.79. The van der Waals surface area contributed by atoms with Gasteiger partial charge in [-0.2, -0.15) is 0 Å². The first-order chi connectivity index (χ1) is 5.36. The highest BCUT2D eigenvalue weighted by Gasteiger charge is 1.88. The van der Waals surface area contributed by atoms with Crippen LogP contribution < -0.4 is 0 Å². The topological polar surface area (TPSA) is 15.8 Å². The van der Waals surface area contributed by atoms with Gasteiger partial charge in [0, 0.05) is 10.9 Å². The molecule has 11 heavy (non-hydrogen) atoms. The van der Waals surface area contributed by atoms with Crippen LogP contribution in [0.2, 0.25) is 0 Å². The Labute approximate surface area is 69.7 Å². The van der Waals surface area contributed by atoms with E-state index in [-0.39, 0.29) is 0 Å². The van der Waals surface area contributed by atoms with E-state index in [9.17, 15) is 0 Å². The summed E-state index contributed by atoms with van der Waals surface area (Å²) in [5.74, 6) is 0. The molecule has 0 aliphatic rings. The predicted octanol–water partition coefficient (Wildman–Crippen LogP) is 2.70. The molecule has 0 bridgehead atoms. The van der Waals surface area contributed by atoms with E-state index in [0.29, 0.717) is 0 Å². The van der Waals surface area contributed by atoms with Crippen molar-refractivity contribution in [1.82, 2.24) is 4.98 Å². The largest absolute Gasteiger partial charge is 0.346 e. The number of rotatable bonds is 0. The number of aromatic nitrogens is 1. The summed E-state index contributed by atoms with van der Waals surface area (Å²) in [7, 11) is 0. The van der Waals surface area contributed by atoms with Crippen LogP contribution >= 0.6 is 12.2 Å². The van der Waals surface area contributed by atoms with Gasteiger partial charge in [0.2, 0.25) is 0 Å². The van der Waals surface area contributed by atoms with Crippen LogP contribution in [0.1, 0.15) is 0 Å². The molecule has 2 aromatic rings. The summed E-state index contributed by atoms with van der Waals surface area (Å²) < 4.78 is 0.761. The van der Waals surface area contributed by atoms with Crippen molar-refractivity contribution in [2.75, 3.05) is 0 Å². The molecule has 0 unspecified atom stereocenters. The molecule has 1 heterocycles. The molecule has 0 spiro atoms. The van der Waals surface area contributed by atoms with Gasteiger partial charge in [0.15, 0.2) is 0 Å². The Morgan fingerprint density at radius 1 is 1.27 bits per heavy atom. The number of benzene rings is 1. The maximum atomic E-state index is 4.97. The fourth-order valence-corrected chi connectivity index (χ4v) is 1.21. The number of pyridine rings is 1. The monoisotopic (exact) mass is 160 g/mol. The smallest absolute Gasteiger partial charge is 0.103 e. The Bertz CT molecular complexity index is 431. The van der Waals surface area contributed by atoms with Crippen molar-refractivity contribution in [3.05, 3.63) is 41.0 Å². The van der Waals surface area contributed by atoms with Gasteiger partial charge in [-0.05, 0) is 24.3 Å². The molecule has 0 atom stereocenters. The van der Waals surface area contributed by atoms with Crippen LogP contribution in [-0.2, 0) is 0 Å². The van der Waals surface area contributed by atoms with Gasteiger partial charge in [0.05, 0.1) is 0 Å². The molecule has 1 radical (unpaired) electrons. The molecule has 0 fully saturated rings. The van der Waals surface area contributed by atoms with Crippen molar-refractivity contribution in [3.63, 3.8) is 0 Å². The minimum atomic E-state index is 0.761. The van der Waals surface area contributed by atoms with E-state index in [1.165, 1.54) is 0 Å². The average molecular weight is 160 g/mol. The van der Waals surface area contributed by atoms with E-state index < -0.39 is 0 Å². The first-order valence-corrected chi connectivity index (χ1v) is 3.77. The van der Waals surface area contributed by atoms with E-state index in [2.05, 4.69) is 11.1 Å². The second kappa shape index (κ2) is 2.47. The van der Waals surface area contributed by atoms with Crippen LogP contribution in [0.4, 0.5) is 0 Å². The minimum Gasteiger partial charge on any atom is -0.346 e. The average Bonchev–Trinajstić information content (AvgIpc) is 2.04. The first kappa shape index (κ1) is 6.55. The van der Waals surface area contributed by atoms with E-state index >= 15 is 0 Å². The number of fused-ring (bicyclic) bond motifs is 1. The van der Waals surface area contributed by atoms with Gasteiger partial charge >= 0.3 is 0 Å². The fourth-order valence-electron chi connectivity index (χ4n) is 1.03. The van der Waals surface area contributed by atoms with Crippen LogP contribution in [0, 0.1) is 10.7 Å². The van der Waals surface area contributed by atoms with E-state index in [0.717, 1.165) is 15.5 Å². The van der Waals surface area contributed by atoms with Crippen LogP contribution in [-0.4, -0.2) is 4.98 Å². The molecule has 0 aliphatic carbocycles. The Morgan fingerprint density at radius 3 is 3.09 bits per heavy atom. The molecule has 0 amide bonds. The lowest BCUT2D eigenvalue weighted by Gasteiger charge is -1.93. The van der Waals surface area contributed by atoms with E-state index in [1.54, 1.807) is 0 Å². The lowest BCUT2D eigenvalue weighted by molar-refractivity contribution is 1.38. The van der Waals surface area contributed by atoms with E-state index in [1.807, 2.05) is 30.3 Å². The molecule has 1 aromatic heterocycles. The third-order valence-electron chi connectivity index (χ3n) is 1.55. The standard InChI is InChI=1S/C9H6NS/c11-9-6-5-7-3-1-2-4-8(7)10-9/h1-2,4-6H,(H,10,11). The van der Waals surface area contributed by atoms with Crippen molar-refractivity contribution in [2.45, 2.75) is 0 Å². The van der Waals surface area contributed by atoms with Crippen molar-refractivity contribution >= 4 is 23.1 Å². The first-order valence-electron chi connectivity index (χ1n) is 3.36. The van der Waals surface area contributed by atoms with Gasteiger partial charge in [-0.25, -0.2) is 0 Å². The Balaban J connectivity index is 2.94. The summed E-state index contributed by atoms with van der Waals surface area (Å²) in [6.07, 6.45) is 0. The lowest BCUT2D eigenvalue weighted by atomic mass is 10.2. The SMILES string of the molecule is S=c1ccc2[c]cccc2[nH]1. The highest BCUT2D eigenvalue weighted by Crippen LogP contribution is 2.08. The molecular formula is C9H6NS. The van der Waals surface area contributed by atoms with Gasteiger partial charge < -0.3 is 4.98 Å². The number of hydrogen-bond donors (Lipinski definition) is 1. The summed E-state index contributed by atoms with van der Waals surface area (Å²) in [5.41, 5.74) is 1.04. The summed E-state index contributed by atoms with van der Waals surface area (Å²) in [5, 5.41) is 1.07. The molecule has 53 valence electrons. The summed E-state index contributed by atoms with van der Waals surface area (Å²) >= 11 is 4.97. The summed E-state index contributed by atoms with van der Waals surface area (Å²) in [4.78, 5) is 3.07. The molecule has 0 saturated heterocycles. The number of H-pyrrole nitrogens is 1. The fraction of sp³-hybridized carbons (Fsp3) is 0. The maximum absolute atomic E-state index is 4.97. The van der Waals surface area contributed by atoms with Crippen LogP contribution in [0.5, 0.6) is 0 Å². The molecule has 0 aliphatic heterocycles. The quantitative estimate of drug-likeness (QED) is 0.586. The summed E-state index contributed by atoms with van der Waals surface area (Å²) in [6, 6.07) is 12.8. The second-order valence-electron chi connectivity index (χ2n) is 2.32. The third kappa shape index (κ3) is 1.17. The van der Waals surface area contributed by atoms with Gasteiger partial charge in [0.1, 0.15) is 4.64 Å². The van der Waals surface area contributed by atoms with Crippen LogP contribution in [0.25, 0.3) is 10.9 Å². The van der Waals surface area contributed by atoms with Gasteiger partial charge in [-0.1, -0.05) is 24.4 Å². The zero-order chi connectivity index (χ0) is 7.68. The normalized spacial score (nSPS) is 10.2. The van der Waals surface area contributed by atoms with E-state index in [4.69, 9.17) is 12.2 Å². The molecular weight excluding hydrogens is 154 g/mol.